The molecule has 0 fully saturated rings. The Hall–Kier alpha value is -0.790. The number of ether oxygens (including phenoxy) is 2. The fourth-order valence-electron chi connectivity index (χ4n) is 2.10. The maximum atomic E-state index is 10.4. The highest BCUT2D eigenvalue weighted by Crippen LogP contribution is 2.35. The van der Waals surface area contributed by atoms with Crippen LogP contribution in [-0.2, 0) is 0 Å². The van der Waals surface area contributed by atoms with Crippen LogP contribution in [0.3, 0.4) is 0 Å². The average Bonchev–Trinajstić information content (AvgIpc) is 2.80. The second-order valence-corrected chi connectivity index (χ2v) is 7.83. The summed E-state index contributed by atoms with van der Waals surface area (Å²) in [6.45, 7) is 3.40. The first-order valence-corrected chi connectivity index (χ1v) is 8.41. The summed E-state index contributed by atoms with van der Waals surface area (Å²) in [5, 5.41) is 12.4. The standard InChI is InChI=1S/C15H15IO3S/c1-9-6-18-12-3-2-10(4-13(12)19-7-9)15(17)11-5-14(16)20-8-11/h2-5,8-9,15,17H,6-7H2,1H3. The number of rotatable bonds is 2. The van der Waals surface area contributed by atoms with Crippen LogP contribution >= 0.6 is 33.9 Å². The minimum Gasteiger partial charge on any atom is -0.489 e. The Morgan fingerprint density at radius 1 is 1.20 bits per heavy atom. The molecule has 0 saturated carbocycles. The van der Waals surface area contributed by atoms with Gasteiger partial charge in [0.2, 0.25) is 0 Å². The molecule has 0 saturated heterocycles. The van der Waals surface area contributed by atoms with Crippen molar-refractivity contribution in [1.29, 1.82) is 0 Å². The van der Waals surface area contributed by atoms with Gasteiger partial charge in [0, 0.05) is 5.92 Å². The fourth-order valence-corrected chi connectivity index (χ4v) is 3.49. The number of hydrogen-bond acceptors (Lipinski definition) is 4. The number of hydrogen-bond donors (Lipinski definition) is 1. The van der Waals surface area contributed by atoms with Gasteiger partial charge in [-0.2, -0.15) is 0 Å². The summed E-state index contributed by atoms with van der Waals surface area (Å²) in [6, 6.07) is 7.65. The van der Waals surface area contributed by atoms with Gasteiger partial charge >= 0.3 is 0 Å². The van der Waals surface area contributed by atoms with E-state index < -0.39 is 6.10 Å². The van der Waals surface area contributed by atoms with Crippen molar-refractivity contribution in [3.05, 3.63) is 43.7 Å². The maximum Gasteiger partial charge on any atom is 0.161 e. The van der Waals surface area contributed by atoms with Crippen molar-refractivity contribution in [3.8, 4) is 11.5 Å². The van der Waals surface area contributed by atoms with Crippen molar-refractivity contribution in [2.45, 2.75) is 13.0 Å². The van der Waals surface area contributed by atoms with Crippen LogP contribution in [0.4, 0.5) is 0 Å². The molecule has 5 heteroatoms. The molecule has 1 aromatic carbocycles. The van der Waals surface area contributed by atoms with Gasteiger partial charge in [-0.3, -0.25) is 0 Å². The summed E-state index contributed by atoms with van der Waals surface area (Å²) in [7, 11) is 0. The minimum absolute atomic E-state index is 0.370. The van der Waals surface area contributed by atoms with Crippen molar-refractivity contribution >= 4 is 33.9 Å². The first-order valence-electron chi connectivity index (χ1n) is 6.45. The van der Waals surface area contributed by atoms with Crippen molar-refractivity contribution in [3.63, 3.8) is 0 Å². The van der Waals surface area contributed by atoms with E-state index in [0.717, 1.165) is 22.6 Å². The van der Waals surface area contributed by atoms with Gasteiger partial charge in [-0.05, 0) is 57.3 Å². The molecule has 2 heterocycles. The van der Waals surface area contributed by atoms with Gasteiger partial charge in [0.1, 0.15) is 6.10 Å². The lowest BCUT2D eigenvalue weighted by Gasteiger charge is -2.13. The molecular formula is C15H15IO3S. The Labute approximate surface area is 135 Å². The molecule has 0 aliphatic carbocycles. The van der Waals surface area contributed by atoms with Crippen LogP contribution in [0.5, 0.6) is 11.5 Å². The van der Waals surface area contributed by atoms with Crippen LogP contribution in [0.1, 0.15) is 24.2 Å². The van der Waals surface area contributed by atoms with Gasteiger partial charge in [0.15, 0.2) is 11.5 Å². The lowest BCUT2D eigenvalue weighted by molar-refractivity contribution is 0.219. The SMILES string of the molecule is CC1COc2ccc(C(O)c3csc(I)c3)cc2OC1. The molecule has 0 bridgehead atoms. The highest BCUT2D eigenvalue weighted by molar-refractivity contribution is 14.1. The Morgan fingerprint density at radius 3 is 2.65 bits per heavy atom. The van der Waals surface area contributed by atoms with E-state index in [2.05, 4.69) is 29.5 Å². The Kier molecular flexibility index (Phi) is 4.18. The van der Waals surface area contributed by atoms with E-state index in [1.807, 2.05) is 29.6 Å². The molecule has 1 aliphatic heterocycles. The van der Waals surface area contributed by atoms with Gasteiger partial charge in [0.05, 0.1) is 16.1 Å². The van der Waals surface area contributed by atoms with E-state index in [0.29, 0.717) is 19.1 Å². The number of halogens is 1. The summed E-state index contributed by atoms with van der Waals surface area (Å²) in [6.07, 6.45) is -0.621. The quantitative estimate of drug-likeness (QED) is 0.776. The molecule has 3 nitrogen and oxygen atoms in total. The first-order chi connectivity index (χ1) is 9.63. The predicted octanol–water partition coefficient (Wildman–Crippen LogP) is 3.84. The number of fused-ring (bicyclic) bond motifs is 1. The van der Waals surface area contributed by atoms with Crippen LogP contribution in [0.15, 0.2) is 29.6 Å². The van der Waals surface area contributed by atoms with Crippen LogP contribution in [0.2, 0.25) is 0 Å². The molecule has 3 rings (SSSR count). The van der Waals surface area contributed by atoms with Crippen molar-refractivity contribution in [1.82, 2.24) is 0 Å². The molecule has 2 unspecified atom stereocenters. The monoisotopic (exact) mass is 402 g/mol. The van der Waals surface area contributed by atoms with Crippen LogP contribution in [-0.4, -0.2) is 18.3 Å². The summed E-state index contributed by atoms with van der Waals surface area (Å²) in [5.74, 6) is 1.84. The third kappa shape index (κ3) is 2.94. The predicted molar refractivity (Wildman–Crippen MR) is 87.7 cm³/mol. The number of aliphatic hydroxyl groups excluding tert-OH is 1. The van der Waals surface area contributed by atoms with Gasteiger partial charge in [-0.1, -0.05) is 13.0 Å². The van der Waals surface area contributed by atoms with E-state index in [4.69, 9.17) is 9.47 Å². The largest absolute Gasteiger partial charge is 0.489 e. The molecule has 20 heavy (non-hydrogen) atoms. The topological polar surface area (TPSA) is 38.7 Å². The molecule has 0 spiro atoms. The number of thiophene rings is 1. The minimum atomic E-state index is -0.621. The van der Waals surface area contributed by atoms with Gasteiger partial charge in [-0.15, -0.1) is 11.3 Å². The van der Waals surface area contributed by atoms with E-state index >= 15 is 0 Å². The Morgan fingerprint density at radius 2 is 1.95 bits per heavy atom. The fraction of sp³-hybridized carbons (Fsp3) is 0.333. The molecule has 0 radical (unpaired) electrons. The van der Waals surface area contributed by atoms with E-state index in [-0.39, 0.29) is 0 Å². The smallest absolute Gasteiger partial charge is 0.161 e. The van der Waals surface area contributed by atoms with Crippen molar-refractivity contribution in [2.24, 2.45) is 5.92 Å². The molecule has 2 aromatic rings. The second-order valence-electron chi connectivity index (χ2n) is 5.02. The summed E-state index contributed by atoms with van der Waals surface area (Å²) >= 11 is 3.89. The van der Waals surface area contributed by atoms with Crippen LogP contribution < -0.4 is 9.47 Å². The normalized spacial score (nSPS) is 19.4. The third-order valence-electron chi connectivity index (χ3n) is 3.23. The summed E-state index contributed by atoms with van der Waals surface area (Å²) < 4.78 is 12.6. The van der Waals surface area contributed by atoms with E-state index in [9.17, 15) is 5.11 Å². The summed E-state index contributed by atoms with van der Waals surface area (Å²) in [5.41, 5.74) is 1.75. The second kappa shape index (κ2) is 5.91. The lowest BCUT2D eigenvalue weighted by Crippen LogP contribution is -2.12. The highest BCUT2D eigenvalue weighted by Gasteiger charge is 2.18. The molecule has 1 aliphatic rings. The lowest BCUT2D eigenvalue weighted by atomic mass is 10.0. The van der Waals surface area contributed by atoms with Gasteiger partial charge < -0.3 is 14.6 Å². The molecular weight excluding hydrogens is 387 g/mol. The zero-order valence-corrected chi connectivity index (χ0v) is 14.0. The van der Waals surface area contributed by atoms with E-state index in [1.54, 1.807) is 11.3 Å². The average molecular weight is 402 g/mol. The van der Waals surface area contributed by atoms with Crippen molar-refractivity contribution < 1.29 is 14.6 Å². The highest BCUT2D eigenvalue weighted by atomic mass is 127. The molecule has 1 aromatic heterocycles. The Balaban J connectivity index is 1.88. The number of benzene rings is 1. The van der Waals surface area contributed by atoms with E-state index in [1.165, 1.54) is 2.88 Å². The summed E-state index contributed by atoms with van der Waals surface area (Å²) in [4.78, 5) is 0. The molecule has 106 valence electrons. The van der Waals surface area contributed by atoms with Gasteiger partial charge in [-0.25, -0.2) is 0 Å². The zero-order valence-electron chi connectivity index (χ0n) is 11.0. The molecule has 2 atom stereocenters. The first kappa shape index (κ1) is 14.2. The zero-order chi connectivity index (χ0) is 14.1. The van der Waals surface area contributed by atoms with Gasteiger partial charge in [0.25, 0.3) is 0 Å². The Bertz CT molecular complexity index is 611. The van der Waals surface area contributed by atoms with Crippen molar-refractivity contribution in [2.75, 3.05) is 13.2 Å². The molecule has 1 N–H and O–H groups in total. The third-order valence-corrected chi connectivity index (χ3v) is 5.04. The molecule has 0 amide bonds. The van der Waals surface area contributed by atoms with Crippen LogP contribution in [0.25, 0.3) is 0 Å². The maximum absolute atomic E-state index is 10.4. The number of aliphatic hydroxyl groups is 1. The van der Waals surface area contributed by atoms with Crippen LogP contribution in [0, 0.1) is 8.80 Å².